The van der Waals surface area contributed by atoms with E-state index in [1.54, 1.807) is 13.3 Å². The van der Waals surface area contributed by atoms with Crippen LogP contribution in [0.1, 0.15) is 31.2 Å². The van der Waals surface area contributed by atoms with Crippen molar-refractivity contribution in [3.05, 3.63) is 36.2 Å². The zero-order valence-corrected chi connectivity index (χ0v) is 12.4. The van der Waals surface area contributed by atoms with Crippen molar-refractivity contribution in [2.75, 3.05) is 20.3 Å². The predicted molar refractivity (Wildman–Crippen MR) is 79.9 cm³/mol. The number of hydrazine groups is 1. The van der Waals surface area contributed by atoms with Gasteiger partial charge in [0.1, 0.15) is 0 Å². The molecule has 5 heteroatoms. The van der Waals surface area contributed by atoms with Crippen molar-refractivity contribution in [2.24, 2.45) is 0 Å². The number of carbonyl (C=O) groups is 1. The van der Waals surface area contributed by atoms with E-state index in [1.165, 1.54) is 0 Å². The molecule has 3 heterocycles. The molecule has 2 aliphatic rings. The average molecular weight is 287 g/mol. The number of ether oxygens (including phenoxy) is 1. The maximum atomic E-state index is 12.5. The first-order valence-electron chi connectivity index (χ1n) is 7.50. The van der Waals surface area contributed by atoms with Gasteiger partial charge in [-0.3, -0.25) is 9.78 Å². The van der Waals surface area contributed by atoms with Gasteiger partial charge in [-0.1, -0.05) is 6.08 Å². The second-order valence-corrected chi connectivity index (χ2v) is 5.49. The summed E-state index contributed by atoms with van der Waals surface area (Å²) in [6, 6.07) is 4.19. The van der Waals surface area contributed by atoms with Gasteiger partial charge in [-0.2, -0.15) is 0 Å². The number of hydrogen-bond acceptors (Lipinski definition) is 4. The first-order chi connectivity index (χ1) is 10.3. The summed E-state index contributed by atoms with van der Waals surface area (Å²) in [5, 5.41) is 4.03. The van der Waals surface area contributed by atoms with Crippen molar-refractivity contribution in [2.45, 2.75) is 31.7 Å². The van der Waals surface area contributed by atoms with Gasteiger partial charge in [0, 0.05) is 38.0 Å². The molecule has 0 unspecified atom stereocenters. The molecule has 0 bridgehead atoms. The third-order valence-corrected chi connectivity index (χ3v) is 4.08. The van der Waals surface area contributed by atoms with E-state index < -0.39 is 0 Å². The van der Waals surface area contributed by atoms with Crippen LogP contribution in [0.25, 0.3) is 5.70 Å². The summed E-state index contributed by atoms with van der Waals surface area (Å²) in [5.74, 6) is 0.166. The average Bonchev–Trinajstić information content (AvgIpc) is 2.96. The van der Waals surface area contributed by atoms with Crippen molar-refractivity contribution in [1.82, 2.24) is 15.0 Å². The zero-order chi connectivity index (χ0) is 14.7. The van der Waals surface area contributed by atoms with Gasteiger partial charge in [0.2, 0.25) is 5.91 Å². The van der Waals surface area contributed by atoms with E-state index in [0.29, 0.717) is 13.0 Å². The predicted octanol–water partition coefficient (Wildman–Crippen LogP) is 2.07. The van der Waals surface area contributed by atoms with Crippen molar-refractivity contribution in [3.8, 4) is 0 Å². The van der Waals surface area contributed by atoms with Gasteiger partial charge >= 0.3 is 0 Å². The first kappa shape index (κ1) is 14.2. The lowest BCUT2D eigenvalue weighted by atomic mass is 10.1. The molecule has 0 spiro atoms. The molecular weight excluding hydrogens is 266 g/mol. The summed E-state index contributed by atoms with van der Waals surface area (Å²) in [4.78, 5) is 16.7. The zero-order valence-electron chi connectivity index (χ0n) is 12.4. The van der Waals surface area contributed by atoms with Crippen LogP contribution in [0.3, 0.4) is 0 Å². The highest BCUT2D eigenvalue weighted by Gasteiger charge is 2.35. The number of methoxy groups -OCH3 is 1. The Balaban J connectivity index is 1.91. The van der Waals surface area contributed by atoms with Crippen LogP contribution in [0.15, 0.2) is 30.6 Å². The normalized spacial score (nSPS) is 23.5. The lowest BCUT2D eigenvalue weighted by Gasteiger charge is -2.39. The highest BCUT2D eigenvalue weighted by molar-refractivity contribution is 5.88. The largest absolute Gasteiger partial charge is 0.383 e. The smallest absolute Gasteiger partial charge is 0.241 e. The summed E-state index contributed by atoms with van der Waals surface area (Å²) in [5.41, 5.74) is 1.95. The molecule has 2 aliphatic heterocycles. The van der Waals surface area contributed by atoms with Gasteiger partial charge < -0.3 is 4.74 Å². The highest BCUT2D eigenvalue weighted by atomic mass is 16.5. The summed E-state index contributed by atoms with van der Waals surface area (Å²) < 4.78 is 5.31. The molecule has 0 N–H and O–H groups in total. The maximum Gasteiger partial charge on any atom is 0.241 e. The highest BCUT2D eigenvalue weighted by Crippen LogP contribution is 2.31. The maximum absolute atomic E-state index is 12.5. The van der Waals surface area contributed by atoms with Crippen molar-refractivity contribution < 1.29 is 9.53 Å². The molecule has 0 aliphatic carbocycles. The number of carbonyl (C=O) groups excluding carboxylic acids is 1. The first-order valence-corrected chi connectivity index (χ1v) is 7.50. The van der Waals surface area contributed by atoms with E-state index in [0.717, 1.165) is 37.1 Å². The van der Waals surface area contributed by atoms with Crippen LogP contribution in [0.4, 0.5) is 0 Å². The minimum atomic E-state index is 0.166. The van der Waals surface area contributed by atoms with E-state index in [1.807, 2.05) is 23.3 Å². The fraction of sp³-hybridized carbons (Fsp3) is 0.500. The van der Waals surface area contributed by atoms with E-state index in [4.69, 9.17) is 4.74 Å². The van der Waals surface area contributed by atoms with Gasteiger partial charge in [0.15, 0.2) is 0 Å². The standard InChI is InChI=1S/C16H21N3O2/c1-21-12-14-6-4-10-18(14)19-15(7-2-8-16(19)20)13-5-3-9-17-11-13/h3,5,7,9,11,14H,2,4,6,8,10,12H2,1H3/t14-/m0/s1. The Morgan fingerprint density at radius 1 is 1.48 bits per heavy atom. The quantitative estimate of drug-likeness (QED) is 0.850. The van der Waals surface area contributed by atoms with Crippen molar-refractivity contribution in [1.29, 1.82) is 0 Å². The molecule has 1 fully saturated rings. The molecule has 1 saturated heterocycles. The third kappa shape index (κ3) is 2.84. The van der Waals surface area contributed by atoms with E-state index >= 15 is 0 Å². The Morgan fingerprint density at radius 2 is 2.38 bits per heavy atom. The Bertz CT molecular complexity index is 530. The Morgan fingerprint density at radius 3 is 3.14 bits per heavy atom. The lowest BCUT2D eigenvalue weighted by Crippen LogP contribution is -2.50. The van der Waals surface area contributed by atoms with Crippen LogP contribution in [-0.2, 0) is 9.53 Å². The summed E-state index contributed by atoms with van der Waals surface area (Å²) >= 11 is 0. The van der Waals surface area contributed by atoms with Crippen molar-refractivity contribution >= 4 is 11.6 Å². The lowest BCUT2D eigenvalue weighted by molar-refractivity contribution is -0.143. The molecule has 0 radical (unpaired) electrons. The van der Waals surface area contributed by atoms with Crippen LogP contribution in [0.2, 0.25) is 0 Å². The number of allylic oxidation sites excluding steroid dienone is 1. The molecule has 0 aromatic carbocycles. The van der Waals surface area contributed by atoms with E-state index in [2.05, 4.69) is 16.1 Å². The fourth-order valence-corrected chi connectivity index (χ4v) is 3.14. The number of hydrogen-bond donors (Lipinski definition) is 0. The molecule has 5 nitrogen and oxygen atoms in total. The van der Waals surface area contributed by atoms with Gasteiger partial charge in [0.05, 0.1) is 18.3 Å². The summed E-state index contributed by atoms with van der Waals surface area (Å²) in [7, 11) is 1.71. The molecular formula is C16H21N3O2. The van der Waals surface area contributed by atoms with Crippen LogP contribution in [0.5, 0.6) is 0 Å². The molecule has 112 valence electrons. The fourth-order valence-electron chi connectivity index (χ4n) is 3.14. The Hall–Kier alpha value is -1.72. The van der Waals surface area contributed by atoms with Gasteiger partial charge in [-0.05, 0) is 31.4 Å². The van der Waals surface area contributed by atoms with Crippen LogP contribution in [-0.4, -0.2) is 47.2 Å². The summed E-state index contributed by atoms with van der Waals surface area (Å²) in [6.07, 6.45) is 9.24. The van der Waals surface area contributed by atoms with E-state index in [-0.39, 0.29) is 11.9 Å². The number of pyridine rings is 1. The molecule has 1 aromatic heterocycles. The van der Waals surface area contributed by atoms with Crippen molar-refractivity contribution in [3.63, 3.8) is 0 Å². The summed E-state index contributed by atoms with van der Waals surface area (Å²) in [6.45, 7) is 1.56. The second-order valence-electron chi connectivity index (χ2n) is 5.49. The van der Waals surface area contributed by atoms with Crippen LogP contribution < -0.4 is 0 Å². The van der Waals surface area contributed by atoms with Gasteiger partial charge in [0.25, 0.3) is 0 Å². The van der Waals surface area contributed by atoms with Crippen LogP contribution >= 0.6 is 0 Å². The van der Waals surface area contributed by atoms with Gasteiger partial charge in [-0.15, -0.1) is 0 Å². The molecule has 1 amide bonds. The Kier molecular flexibility index (Phi) is 4.31. The second kappa shape index (κ2) is 6.37. The van der Waals surface area contributed by atoms with E-state index in [9.17, 15) is 4.79 Å². The molecule has 3 rings (SSSR count). The third-order valence-electron chi connectivity index (χ3n) is 4.08. The Labute approximate surface area is 125 Å². The molecule has 21 heavy (non-hydrogen) atoms. The topological polar surface area (TPSA) is 45.7 Å². The number of rotatable bonds is 4. The minimum Gasteiger partial charge on any atom is -0.383 e. The number of amides is 1. The molecule has 1 atom stereocenters. The number of aromatic nitrogens is 1. The number of nitrogens with zero attached hydrogens (tertiary/aromatic N) is 3. The minimum absolute atomic E-state index is 0.166. The van der Waals surface area contributed by atoms with Gasteiger partial charge in [-0.25, -0.2) is 10.0 Å². The SMILES string of the molecule is COC[C@@H]1CCCN1N1C(=O)CCC=C1c1cccnc1. The van der Waals surface area contributed by atoms with Crippen LogP contribution in [0, 0.1) is 0 Å². The molecule has 0 saturated carbocycles. The monoisotopic (exact) mass is 287 g/mol. The molecule has 1 aromatic rings.